The van der Waals surface area contributed by atoms with Gasteiger partial charge in [-0.15, -0.1) is 0 Å². The van der Waals surface area contributed by atoms with Gasteiger partial charge >= 0.3 is 0 Å². The Morgan fingerprint density at radius 1 is 1.24 bits per heavy atom. The highest BCUT2D eigenvalue weighted by atomic mass is 16.5. The number of likely N-dealkylation sites (tertiary alicyclic amines) is 1. The fourth-order valence-corrected chi connectivity index (χ4v) is 3.45. The summed E-state index contributed by atoms with van der Waals surface area (Å²) in [5.41, 5.74) is 2.53. The predicted octanol–water partition coefficient (Wildman–Crippen LogP) is 2.83. The van der Waals surface area contributed by atoms with E-state index in [2.05, 4.69) is 16.3 Å². The average Bonchev–Trinajstić information content (AvgIpc) is 2.78. The minimum Gasteiger partial charge on any atom is -0.385 e. The first-order valence-corrected chi connectivity index (χ1v) is 9.19. The Kier molecular flexibility index (Phi) is 7.48. The molecule has 6 nitrogen and oxygen atoms in total. The third kappa shape index (κ3) is 5.07. The summed E-state index contributed by atoms with van der Waals surface area (Å²) in [5.74, 6) is 0.595. The number of hydrogen-bond donors (Lipinski definition) is 1. The van der Waals surface area contributed by atoms with Crippen LogP contribution in [0, 0.1) is 25.2 Å². The molecule has 1 amide bonds. The van der Waals surface area contributed by atoms with E-state index in [4.69, 9.17) is 4.74 Å². The molecule has 0 atom stereocenters. The highest BCUT2D eigenvalue weighted by Gasteiger charge is 2.20. The lowest BCUT2D eigenvalue weighted by Gasteiger charge is -2.20. The second-order valence-electron chi connectivity index (χ2n) is 6.78. The minimum absolute atomic E-state index is 0.0381. The molecule has 1 fully saturated rings. The molecular weight excluding hydrogens is 316 g/mol. The number of nitriles is 1. The molecule has 2 heterocycles. The molecule has 1 saturated heterocycles. The first-order chi connectivity index (χ1) is 12.1. The Balaban J connectivity index is 2.11. The minimum atomic E-state index is -0.0381. The van der Waals surface area contributed by atoms with Crippen molar-refractivity contribution in [2.75, 3.05) is 38.7 Å². The van der Waals surface area contributed by atoms with Crippen molar-refractivity contribution in [3.05, 3.63) is 16.8 Å². The number of hydrogen-bond acceptors (Lipinski definition) is 4. The van der Waals surface area contributed by atoms with Crippen LogP contribution >= 0.6 is 0 Å². The lowest BCUT2D eigenvalue weighted by molar-refractivity contribution is -0.117. The Labute approximate surface area is 150 Å². The third-order valence-corrected chi connectivity index (χ3v) is 5.00. The number of nitrogens with one attached hydrogen (secondary N) is 1. The van der Waals surface area contributed by atoms with Gasteiger partial charge in [-0.05, 0) is 51.8 Å². The summed E-state index contributed by atoms with van der Waals surface area (Å²) in [6, 6.07) is 2.25. The number of nitrogens with zero attached hydrogens (tertiary/aromatic N) is 3. The highest BCUT2D eigenvalue weighted by molar-refractivity contribution is 5.93. The quantitative estimate of drug-likeness (QED) is 0.771. The summed E-state index contributed by atoms with van der Waals surface area (Å²) in [5, 5.41) is 12.5. The molecule has 1 aromatic heterocycles. The fourth-order valence-electron chi connectivity index (χ4n) is 3.45. The number of carbonyl (C=O) groups excluding carboxylic acids is 1. The first-order valence-electron chi connectivity index (χ1n) is 9.19. The number of anilines is 1. The Hall–Kier alpha value is -1.84. The van der Waals surface area contributed by atoms with E-state index in [-0.39, 0.29) is 5.91 Å². The molecule has 6 heteroatoms. The number of ether oxygens (including phenoxy) is 1. The Morgan fingerprint density at radius 3 is 2.52 bits per heavy atom. The zero-order valence-corrected chi connectivity index (χ0v) is 15.7. The van der Waals surface area contributed by atoms with Gasteiger partial charge < -0.3 is 14.6 Å². The van der Waals surface area contributed by atoms with Crippen LogP contribution < -0.4 is 5.32 Å². The largest absolute Gasteiger partial charge is 0.385 e. The number of methoxy groups -OCH3 is 1. The molecule has 0 aliphatic carbocycles. The van der Waals surface area contributed by atoms with E-state index in [9.17, 15) is 10.1 Å². The zero-order chi connectivity index (χ0) is 18.2. The number of aromatic nitrogens is 1. The van der Waals surface area contributed by atoms with Gasteiger partial charge in [-0.3, -0.25) is 9.69 Å². The van der Waals surface area contributed by atoms with Gasteiger partial charge in [0.2, 0.25) is 5.91 Å². The molecule has 0 spiro atoms. The van der Waals surface area contributed by atoms with E-state index in [0.29, 0.717) is 24.5 Å². The molecule has 1 N–H and O–H groups in total. The van der Waals surface area contributed by atoms with Crippen LogP contribution in [0.25, 0.3) is 0 Å². The first kappa shape index (κ1) is 19.5. The van der Waals surface area contributed by atoms with E-state index < -0.39 is 0 Å². The maximum atomic E-state index is 12.6. The van der Waals surface area contributed by atoms with Crippen LogP contribution in [0.2, 0.25) is 0 Å². The van der Waals surface area contributed by atoms with E-state index in [1.165, 1.54) is 12.8 Å². The highest BCUT2D eigenvalue weighted by Crippen LogP contribution is 2.26. The summed E-state index contributed by atoms with van der Waals surface area (Å²) in [6.45, 7) is 7.66. The molecular formula is C19H30N4O2. The molecule has 1 aliphatic heterocycles. The van der Waals surface area contributed by atoms with Crippen molar-refractivity contribution < 1.29 is 9.53 Å². The third-order valence-electron chi connectivity index (χ3n) is 5.00. The van der Waals surface area contributed by atoms with Crippen molar-refractivity contribution >= 4 is 11.7 Å². The number of rotatable bonds is 7. The van der Waals surface area contributed by atoms with Gasteiger partial charge in [-0.25, -0.2) is 0 Å². The molecule has 1 aromatic rings. The molecule has 0 unspecified atom stereocenters. The fraction of sp³-hybridized carbons (Fsp3) is 0.684. The van der Waals surface area contributed by atoms with E-state index in [1.54, 1.807) is 7.11 Å². The van der Waals surface area contributed by atoms with Gasteiger partial charge in [-0.1, -0.05) is 12.8 Å². The monoisotopic (exact) mass is 346 g/mol. The van der Waals surface area contributed by atoms with Crippen molar-refractivity contribution in [2.24, 2.45) is 0 Å². The molecule has 138 valence electrons. The normalized spacial score (nSPS) is 15.6. The lowest BCUT2D eigenvalue weighted by atomic mass is 10.2. The van der Waals surface area contributed by atoms with E-state index in [0.717, 1.165) is 50.2 Å². The van der Waals surface area contributed by atoms with Gasteiger partial charge in [0.25, 0.3) is 0 Å². The van der Waals surface area contributed by atoms with Crippen LogP contribution in [-0.2, 0) is 16.1 Å². The van der Waals surface area contributed by atoms with Gasteiger partial charge in [0.05, 0.1) is 12.1 Å². The van der Waals surface area contributed by atoms with E-state index in [1.807, 2.05) is 18.4 Å². The number of carbonyl (C=O) groups is 1. The van der Waals surface area contributed by atoms with Crippen molar-refractivity contribution in [3.8, 4) is 6.07 Å². The van der Waals surface area contributed by atoms with Crippen molar-refractivity contribution in [2.45, 2.75) is 52.5 Å². The molecule has 0 saturated carbocycles. The second-order valence-corrected chi connectivity index (χ2v) is 6.78. The van der Waals surface area contributed by atoms with Crippen LogP contribution in [0.5, 0.6) is 0 Å². The predicted molar refractivity (Wildman–Crippen MR) is 98.7 cm³/mol. The van der Waals surface area contributed by atoms with Crippen molar-refractivity contribution in [1.29, 1.82) is 5.26 Å². The second kappa shape index (κ2) is 9.59. The van der Waals surface area contributed by atoms with Gasteiger partial charge in [0.15, 0.2) is 0 Å². The average molecular weight is 346 g/mol. The van der Waals surface area contributed by atoms with Gasteiger partial charge in [0, 0.05) is 26.0 Å². The van der Waals surface area contributed by atoms with E-state index >= 15 is 0 Å². The van der Waals surface area contributed by atoms with Crippen molar-refractivity contribution in [3.63, 3.8) is 0 Å². The standard InChI is InChI=1S/C19H30N4O2/c1-15-16(2)23(11-8-12-25-3)19(17(15)13-20)21-18(24)14-22-9-6-4-5-7-10-22/h4-12,14H2,1-3H3,(H,21,24). The molecule has 0 bridgehead atoms. The Morgan fingerprint density at radius 2 is 1.92 bits per heavy atom. The molecule has 0 radical (unpaired) electrons. The molecule has 2 rings (SSSR count). The maximum absolute atomic E-state index is 12.6. The summed E-state index contributed by atoms with van der Waals surface area (Å²) in [7, 11) is 1.68. The molecule has 1 aliphatic rings. The SMILES string of the molecule is COCCCn1c(C)c(C)c(C#N)c1NC(=O)CN1CCCCCC1. The summed E-state index contributed by atoms with van der Waals surface area (Å²) in [6.07, 6.45) is 5.64. The van der Waals surface area contributed by atoms with Crippen LogP contribution in [0.15, 0.2) is 0 Å². The number of amides is 1. The smallest absolute Gasteiger partial charge is 0.239 e. The van der Waals surface area contributed by atoms with Crippen LogP contribution in [0.4, 0.5) is 5.82 Å². The summed E-state index contributed by atoms with van der Waals surface area (Å²) >= 11 is 0. The van der Waals surface area contributed by atoms with Gasteiger partial charge in [0.1, 0.15) is 11.9 Å². The summed E-state index contributed by atoms with van der Waals surface area (Å²) in [4.78, 5) is 14.8. The molecule has 0 aromatic carbocycles. The molecule has 25 heavy (non-hydrogen) atoms. The Bertz CT molecular complexity index is 622. The van der Waals surface area contributed by atoms with Crippen LogP contribution in [-0.4, -0.2) is 48.7 Å². The topological polar surface area (TPSA) is 70.3 Å². The maximum Gasteiger partial charge on any atom is 0.239 e. The van der Waals surface area contributed by atoms with Crippen LogP contribution in [0.3, 0.4) is 0 Å². The zero-order valence-electron chi connectivity index (χ0n) is 15.7. The van der Waals surface area contributed by atoms with Gasteiger partial charge in [-0.2, -0.15) is 5.26 Å². The summed E-state index contributed by atoms with van der Waals surface area (Å²) < 4.78 is 7.16. The van der Waals surface area contributed by atoms with Crippen molar-refractivity contribution in [1.82, 2.24) is 9.47 Å². The lowest BCUT2D eigenvalue weighted by Crippen LogP contribution is -2.34. The van der Waals surface area contributed by atoms with Crippen LogP contribution in [0.1, 0.15) is 48.9 Å².